The number of nitrogens with zero attached hydrogens (tertiary/aromatic N) is 5. The average molecular weight is 432 g/mol. The molecule has 0 radical (unpaired) electrons. The molecule has 4 aromatic rings. The van der Waals surface area contributed by atoms with Crippen LogP contribution >= 0.6 is 0 Å². The van der Waals surface area contributed by atoms with E-state index in [1.165, 1.54) is 11.6 Å². The summed E-state index contributed by atoms with van der Waals surface area (Å²) in [5.41, 5.74) is 17.4. The predicted octanol–water partition coefficient (Wildman–Crippen LogP) is 3.44. The number of pyridine rings is 1. The van der Waals surface area contributed by atoms with Gasteiger partial charge < -0.3 is 16.8 Å². The smallest absolute Gasteiger partial charge is 0.314 e. The molecule has 0 aliphatic heterocycles. The van der Waals surface area contributed by atoms with Gasteiger partial charge in [-0.25, -0.2) is 15.0 Å². The molecular formula is C22H24N8O2. The van der Waals surface area contributed by atoms with Crippen LogP contribution in [-0.4, -0.2) is 30.8 Å². The Balaban J connectivity index is 1.68. The summed E-state index contributed by atoms with van der Waals surface area (Å²) < 4.78 is 1.87. The average Bonchev–Trinajstić information content (AvgIpc) is 3.09. The molecule has 3 aromatic heterocycles. The first-order valence-electron chi connectivity index (χ1n) is 10.1. The molecule has 0 saturated carbocycles. The van der Waals surface area contributed by atoms with Crippen molar-refractivity contribution in [2.24, 2.45) is 0 Å². The highest BCUT2D eigenvalue weighted by Crippen LogP contribution is 2.28. The van der Waals surface area contributed by atoms with Crippen LogP contribution in [0.5, 0.6) is 0 Å². The fraction of sp³-hybridized carbons (Fsp3) is 0.227. The summed E-state index contributed by atoms with van der Waals surface area (Å²) in [4.78, 5) is 24.1. The standard InChI is InChI=1S/C22H24N8O2/c1-12-5-4-6-16(14(12)3)17-10-19-26-13(2)11-29(19)22(27-17)25-8-7-15-9-18(23)28-21(24)20(15)30(31)32/h4-6,9-11H,7-8H2,1-3H3,(H,25,27)(H4,23,24,28). The van der Waals surface area contributed by atoms with Gasteiger partial charge in [0.15, 0.2) is 0 Å². The molecule has 0 aliphatic carbocycles. The Bertz CT molecular complexity index is 1350. The third kappa shape index (κ3) is 3.89. The van der Waals surface area contributed by atoms with Crippen LogP contribution in [0.2, 0.25) is 0 Å². The molecule has 0 unspecified atom stereocenters. The molecule has 10 heteroatoms. The summed E-state index contributed by atoms with van der Waals surface area (Å²) in [6, 6.07) is 9.54. The number of anilines is 3. The van der Waals surface area contributed by atoms with Crippen molar-refractivity contribution in [1.82, 2.24) is 19.4 Å². The molecule has 0 amide bonds. The number of nitrogens with two attached hydrogens (primary N) is 2. The SMILES string of the molecule is Cc1cn2c(NCCc3cc(N)nc(N)c3[N+](=O)[O-])nc(-c3cccc(C)c3C)cc2n1. The lowest BCUT2D eigenvalue weighted by Crippen LogP contribution is -2.13. The minimum atomic E-state index is -0.534. The first-order valence-corrected chi connectivity index (χ1v) is 10.1. The first-order chi connectivity index (χ1) is 15.2. The highest BCUT2D eigenvalue weighted by Gasteiger charge is 2.20. The summed E-state index contributed by atoms with van der Waals surface area (Å²) in [7, 11) is 0. The van der Waals surface area contributed by atoms with E-state index in [-0.39, 0.29) is 17.3 Å². The number of aryl methyl sites for hydroxylation is 2. The van der Waals surface area contributed by atoms with Gasteiger partial charge in [-0.15, -0.1) is 0 Å². The number of nitrogens with one attached hydrogen (secondary N) is 1. The van der Waals surface area contributed by atoms with E-state index in [9.17, 15) is 10.1 Å². The number of benzene rings is 1. The van der Waals surface area contributed by atoms with E-state index in [0.717, 1.165) is 28.2 Å². The van der Waals surface area contributed by atoms with Crippen LogP contribution in [0, 0.1) is 30.9 Å². The number of imidazole rings is 1. The summed E-state index contributed by atoms with van der Waals surface area (Å²) in [6.45, 7) is 6.42. The number of hydrogen-bond acceptors (Lipinski definition) is 8. The van der Waals surface area contributed by atoms with E-state index < -0.39 is 4.92 Å². The molecule has 3 heterocycles. The van der Waals surface area contributed by atoms with Gasteiger partial charge in [0.2, 0.25) is 11.8 Å². The predicted molar refractivity (Wildman–Crippen MR) is 125 cm³/mol. The molecule has 1 aromatic carbocycles. The fourth-order valence-corrected chi connectivity index (χ4v) is 3.75. The molecule has 0 fully saturated rings. The zero-order valence-corrected chi connectivity index (χ0v) is 18.1. The van der Waals surface area contributed by atoms with E-state index in [2.05, 4.69) is 35.2 Å². The molecule has 0 bridgehead atoms. The molecule has 164 valence electrons. The Kier molecular flexibility index (Phi) is 5.35. The number of nitro groups is 1. The normalized spacial score (nSPS) is 11.1. The minimum absolute atomic E-state index is 0.144. The van der Waals surface area contributed by atoms with Crippen molar-refractivity contribution in [2.75, 3.05) is 23.3 Å². The lowest BCUT2D eigenvalue weighted by molar-refractivity contribution is -0.384. The van der Waals surface area contributed by atoms with E-state index in [0.29, 0.717) is 24.5 Å². The quantitative estimate of drug-likeness (QED) is 0.310. The van der Waals surface area contributed by atoms with Crippen molar-refractivity contribution in [2.45, 2.75) is 27.2 Å². The number of rotatable bonds is 6. The van der Waals surface area contributed by atoms with Gasteiger partial charge in [0.25, 0.3) is 0 Å². The Morgan fingerprint density at radius 3 is 2.66 bits per heavy atom. The van der Waals surface area contributed by atoms with Gasteiger partial charge in [-0.2, -0.15) is 0 Å². The van der Waals surface area contributed by atoms with Crippen molar-refractivity contribution in [3.8, 4) is 11.3 Å². The van der Waals surface area contributed by atoms with Crippen LogP contribution in [0.15, 0.2) is 36.5 Å². The maximum Gasteiger partial charge on any atom is 0.314 e. The first kappa shape index (κ1) is 21.0. The number of aromatic nitrogens is 4. The summed E-state index contributed by atoms with van der Waals surface area (Å²) in [5, 5.41) is 14.7. The Labute approximate surface area is 184 Å². The van der Waals surface area contributed by atoms with Crippen LogP contribution in [0.3, 0.4) is 0 Å². The molecule has 0 atom stereocenters. The molecule has 0 aliphatic rings. The zero-order valence-electron chi connectivity index (χ0n) is 18.1. The maximum absolute atomic E-state index is 11.4. The van der Waals surface area contributed by atoms with Crippen molar-refractivity contribution in [1.29, 1.82) is 0 Å². The van der Waals surface area contributed by atoms with Crippen molar-refractivity contribution in [3.05, 3.63) is 69.0 Å². The molecular weight excluding hydrogens is 408 g/mol. The lowest BCUT2D eigenvalue weighted by Gasteiger charge is -2.13. The maximum atomic E-state index is 11.4. The number of hydrogen-bond donors (Lipinski definition) is 3. The number of fused-ring (bicyclic) bond motifs is 1. The van der Waals surface area contributed by atoms with E-state index in [1.54, 1.807) is 0 Å². The second kappa shape index (κ2) is 8.14. The zero-order chi connectivity index (χ0) is 23.0. The van der Waals surface area contributed by atoms with Crippen LogP contribution in [0.1, 0.15) is 22.4 Å². The second-order valence-corrected chi connectivity index (χ2v) is 7.70. The second-order valence-electron chi connectivity index (χ2n) is 7.70. The van der Waals surface area contributed by atoms with E-state index >= 15 is 0 Å². The number of nitrogen functional groups attached to an aromatic ring is 2. The summed E-state index contributed by atoms with van der Waals surface area (Å²) in [6.07, 6.45) is 2.21. The van der Waals surface area contributed by atoms with Crippen LogP contribution in [0.25, 0.3) is 16.9 Å². The minimum Gasteiger partial charge on any atom is -0.384 e. The topological polar surface area (TPSA) is 150 Å². The van der Waals surface area contributed by atoms with E-state index in [4.69, 9.17) is 16.5 Å². The van der Waals surface area contributed by atoms with Gasteiger partial charge in [-0.1, -0.05) is 18.2 Å². The summed E-state index contributed by atoms with van der Waals surface area (Å²) >= 11 is 0. The molecule has 32 heavy (non-hydrogen) atoms. The van der Waals surface area contributed by atoms with Crippen LogP contribution in [-0.2, 0) is 6.42 Å². The fourth-order valence-electron chi connectivity index (χ4n) is 3.75. The van der Waals surface area contributed by atoms with Crippen LogP contribution in [0.4, 0.5) is 23.3 Å². The lowest BCUT2D eigenvalue weighted by atomic mass is 10.0. The van der Waals surface area contributed by atoms with Gasteiger partial charge in [0.05, 0.1) is 16.3 Å². The Morgan fingerprint density at radius 2 is 1.91 bits per heavy atom. The molecule has 4 rings (SSSR count). The van der Waals surface area contributed by atoms with Crippen molar-refractivity contribution >= 4 is 28.9 Å². The van der Waals surface area contributed by atoms with Gasteiger partial charge in [-0.05, 0) is 44.4 Å². The third-order valence-corrected chi connectivity index (χ3v) is 5.43. The molecule has 0 spiro atoms. The van der Waals surface area contributed by atoms with E-state index in [1.807, 2.05) is 35.7 Å². The monoisotopic (exact) mass is 432 g/mol. The van der Waals surface area contributed by atoms with Crippen LogP contribution < -0.4 is 16.8 Å². The van der Waals surface area contributed by atoms with Gasteiger partial charge in [0.1, 0.15) is 11.5 Å². The van der Waals surface area contributed by atoms with Crippen molar-refractivity contribution < 1.29 is 4.92 Å². The largest absolute Gasteiger partial charge is 0.384 e. The Morgan fingerprint density at radius 1 is 1.12 bits per heavy atom. The molecule has 5 N–H and O–H groups in total. The van der Waals surface area contributed by atoms with Gasteiger partial charge in [0, 0.05) is 29.9 Å². The highest BCUT2D eigenvalue weighted by atomic mass is 16.6. The molecule has 10 nitrogen and oxygen atoms in total. The van der Waals surface area contributed by atoms with Gasteiger partial charge >= 0.3 is 5.69 Å². The molecule has 0 saturated heterocycles. The van der Waals surface area contributed by atoms with Gasteiger partial charge in [-0.3, -0.25) is 14.5 Å². The Hall–Kier alpha value is -4.21. The third-order valence-electron chi connectivity index (χ3n) is 5.43. The van der Waals surface area contributed by atoms with Crippen molar-refractivity contribution in [3.63, 3.8) is 0 Å². The summed E-state index contributed by atoms with van der Waals surface area (Å²) in [5.74, 6) is 0.551. The highest BCUT2D eigenvalue weighted by molar-refractivity contribution is 5.70.